The van der Waals surface area contributed by atoms with E-state index in [2.05, 4.69) is 48.6 Å². The largest absolute Gasteiger partial charge is 0.309 e. The molecule has 20 heavy (non-hydrogen) atoms. The van der Waals surface area contributed by atoms with Gasteiger partial charge < -0.3 is 4.98 Å². The topological polar surface area (TPSA) is 45.8 Å². The van der Waals surface area contributed by atoms with E-state index in [1.165, 1.54) is 19.3 Å². The maximum Gasteiger partial charge on any atom is 0.265 e. The third kappa shape index (κ3) is 3.33. The quantitative estimate of drug-likeness (QED) is 0.860. The second kappa shape index (κ2) is 6.00. The van der Waals surface area contributed by atoms with Gasteiger partial charge in [0.05, 0.1) is 5.69 Å². The molecule has 1 aliphatic carbocycles. The van der Waals surface area contributed by atoms with Gasteiger partial charge in [0, 0.05) is 11.3 Å². The summed E-state index contributed by atoms with van der Waals surface area (Å²) in [6, 6.07) is 0. The molecular formula is C16H25BrN2O. The van der Waals surface area contributed by atoms with E-state index in [9.17, 15) is 4.79 Å². The highest BCUT2D eigenvalue weighted by Crippen LogP contribution is 2.36. The maximum absolute atomic E-state index is 12.1. The Morgan fingerprint density at radius 1 is 1.25 bits per heavy atom. The number of nitrogens with zero attached hydrogens (tertiary/aromatic N) is 1. The lowest BCUT2D eigenvalue weighted by atomic mass is 9.80. The number of rotatable bonds is 2. The summed E-state index contributed by atoms with van der Waals surface area (Å²) in [6.45, 7) is 8.55. The third-order valence-electron chi connectivity index (χ3n) is 4.40. The first-order valence-corrected chi connectivity index (χ1v) is 8.42. The molecule has 112 valence electrons. The first kappa shape index (κ1) is 15.7. The van der Waals surface area contributed by atoms with Crippen LogP contribution in [0.2, 0.25) is 0 Å². The lowest BCUT2D eigenvalue weighted by molar-refractivity contribution is 0.311. The minimum Gasteiger partial charge on any atom is -0.309 e. The Hall–Kier alpha value is -0.640. The van der Waals surface area contributed by atoms with Crippen molar-refractivity contribution in [1.82, 2.24) is 9.97 Å². The first-order valence-electron chi connectivity index (χ1n) is 7.63. The van der Waals surface area contributed by atoms with Crippen LogP contribution in [-0.4, -0.2) is 9.97 Å². The molecule has 0 aliphatic heterocycles. The molecule has 1 fully saturated rings. The Kier molecular flexibility index (Phi) is 4.73. The molecule has 0 unspecified atom stereocenters. The Morgan fingerprint density at radius 2 is 1.85 bits per heavy atom. The summed E-state index contributed by atoms with van der Waals surface area (Å²) < 4.78 is 0.580. The van der Waals surface area contributed by atoms with Crippen molar-refractivity contribution in [3.05, 3.63) is 26.3 Å². The van der Waals surface area contributed by atoms with Crippen molar-refractivity contribution in [1.29, 1.82) is 0 Å². The van der Waals surface area contributed by atoms with Gasteiger partial charge in [0.2, 0.25) is 0 Å². The summed E-state index contributed by atoms with van der Waals surface area (Å²) in [7, 11) is 0. The van der Waals surface area contributed by atoms with Crippen LogP contribution in [0.1, 0.15) is 77.2 Å². The summed E-state index contributed by atoms with van der Waals surface area (Å²) in [5, 5.41) is 0. The van der Waals surface area contributed by atoms with E-state index in [0.29, 0.717) is 10.4 Å². The molecule has 0 aromatic carbocycles. The van der Waals surface area contributed by atoms with E-state index < -0.39 is 0 Å². The molecule has 0 amide bonds. The summed E-state index contributed by atoms with van der Waals surface area (Å²) >= 11 is 3.39. The van der Waals surface area contributed by atoms with Crippen LogP contribution >= 0.6 is 15.9 Å². The molecule has 3 nitrogen and oxygen atoms in total. The van der Waals surface area contributed by atoms with Crippen LogP contribution in [0.3, 0.4) is 0 Å². The smallest absolute Gasteiger partial charge is 0.265 e. The zero-order valence-corrected chi connectivity index (χ0v) is 14.5. The molecule has 1 aliphatic rings. The fourth-order valence-corrected chi connectivity index (χ4v) is 3.79. The molecule has 0 atom stereocenters. The van der Waals surface area contributed by atoms with Crippen molar-refractivity contribution in [3.63, 3.8) is 0 Å². The Balaban J connectivity index is 2.30. The van der Waals surface area contributed by atoms with E-state index in [4.69, 9.17) is 4.98 Å². The van der Waals surface area contributed by atoms with Crippen molar-refractivity contribution < 1.29 is 0 Å². The lowest BCUT2D eigenvalue weighted by Gasteiger charge is -2.28. The van der Waals surface area contributed by atoms with Crippen LogP contribution in [0.25, 0.3) is 0 Å². The highest BCUT2D eigenvalue weighted by Gasteiger charge is 2.27. The number of aromatic amines is 1. The first-order chi connectivity index (χ1) is 9.32. The van der Waals surface area contributed by atoms with Crippen LogP contribution in [0.4, 0.5) is 0 Å². The van der Waals surface area contributed by atoms with Gasteiger partial charge >= 0.3 is 0 Å². The summed E-state index contributed by atoms with van der Waals surface area (Å²) in [4.78, 5) is 19.9. The molecule has 1 saturated carbocycles. The van der Waals surface area contributed by atoms with Crippen LogP contribution in [-0.2, 0) is 5.41 Å². The van der Waals surface area contributed by atoms with Gasteiger partial charge in [0.15, 0.2) is 0 Å². The number of hydrogen-bond donors (Lipinski definition) is 1. The maximum atomic E-state index is 12.1. The van der Waals surface area contributed by atoms with Crippen molar-refractivity contribution >= 4 is 15.9 Å². The Morgan fingerprint density at radius 3 is 2.35 bits per heavy atom. The Labute approximate surface area is 129 Å². The normalized spacial score (nSPS) is 23.9. The van der Waals surface area contributed by atoms with Crippen LogP contribution < -0.4 is 5.56 Å². The summed E-state index contributed by atoms with van der Waals surface area (Å²) in [6.07, 6.45) is 6.07. The number of halogens is 1. The molecule has 4 heteroatoms. The monoisotopic (exact) mass is 340 g/mol. The van der Waals surface area contributed by atoms with Crippen LogP contribution in [0.15, 0.2) is 9.27 Å². The van der Waals surface area contributed by atoms with Crippen LogP contribution in [0.5, 0.6) is 0 Å². The fourth-order valence-electron chi connectivity index (χ4n) is 3.01. The van der Waals surface area contributed by atoms with Crippen molar-refractivity contribution in [3.8, 4) is 0 Å². The molecular weight excluding hydrogens is 316 g/mol. The number of H-pyrrole nitrogens is 1. The predicted molar refractivity (Wildman–Crippen MR) is 86.2 cm³/mol. The third-order valence-corrected chi connectivity index (χ3v) is 5.14. The SMILES string of the molecule is CCC1CCC(c2nc(C(C)(C)C)c(Br)c(=O)[nH]2)CC1. The van der Waals surface area contributed by atoms with Gasteiger partial charge in [-0.25, -0.2) is 4.98 Å². The number of nitrogens with one attached hydrogen (secondary N) is 1. The van der Waals surface area contributed by atoms with Crippen molar-refractivity contribution in [2.45, 2.75) is 71.1 Å². The zero-order chi connectivity index (χ0) is 14.9. The highest BCUT2D eigenvalue weighted by atomic mass is 79.9. The van der Waals surface area contributed by atoms with Gasteiger partial charge in [-0.3, -0.25) is 4.79 Å². The van der Waals surface area contributed by atoms with Crippen molar-refractivity contribution in [2.24, 2.45) is 5.92 Å². The molecule has 1 aromatic heterocycles. The summed E-state index contributed by atoms with van der Waals surface area (Å²) in [5.41, 5.74) is 0.703. The van der Waals surface area contributed by atoms with E-state index in [1.807, 2.05) is 0 Å². The average molecular weight is 341 g/mol. The Bertz CT molecular complexity index is 522. The van der Waals surface area contributed by atoms with Crippen LogP contribution in [0, 0.1) is 5.92 Å². The van der Waals surface area contributed by atoms with Gasteiger partial charge in [-0.1, -0.05) is 34.1 Å². The minimum absolute atomic E-state index is 0.0439. The second-order valence-electron chi connectivity index (χ2n) is 6.99. The number of hydrogen-bond acceptors (Lipinski definition) is 2. The molecule has 0 saturated heterocycles. The molecule has 0 bridgehead atoms. The fraction of sp³-hybridized carbons (Fsp3) is 0.750. The van der Waals surface area contributed by atoms with E-state index in [-0.39, 0.29) is 11.0 Å². The van der Waals surface area contributed by atoms with Gasteiger partial charge in [0.1, 0.15) is 10.3 Å². The molecule has 1 N–H and O–H groups in total. The van der Waals surface area contributed by atoms with Crippen molar-refractivity contribution in [2.75, 3.05) is 0 Å². The van der Waals surface area contributed by atoms with Gasteiger partial charge in [-0.15, -0.1) is 0 Å². The molecule has 0 radical (unpaired) electrons. The number of aromatic nitrogens is 2. The highest BCUT2D eigenvalue weighted by molar-refractivity contribution is 9.10. The molecule has 0 spiro atoms. The standard InChI is InChI=1S/C16H25BrN2O/c1-5-10-6-8-11(9-7-10)14-18-13(16(2,3)4)12(17)15(20)19-14/h10-11H,5-9H2,1-4H3,(H,18,19,20). The lowest BCUT2D eigenvalue weighted by Crippen LogP contribution is -2.25. The molecule has 2 rings (SSSR count). The minimum atomic E-state index is -0.123. The van der Waals surface area contributed by atoms with E-state index in [1.54, 1.807) is 0 Å². The molecule has 1 aromatic rings. The zero-order valence-electron chi connectivity index (χ0n) is 12.9. The van der Waals surface area contributed by atoms with E-state index in [0.717, 1.165) is 30.3 Å². The average Bonchev–Trinajstić information content (AvgIpc) is 2.40. The van der Waals surface area contributed by atoms with E-state index >= 15 is 0 Å². The second-order valence-corrected chi connectivity index (χ2v) is 7.78. The summed E-state index contributed by atoms with van der Waals surface area (Å²) in [5.74, 6) is 2.16. The predicted octanol–water partition coefficient (Wildman–Crippen LogP) is 4.51. The van der Waals surface area contributed by atoms with Gasteiger partial charge in [-0.05, 0) is 47.5 Å². The molecule has 1 heterocycles. The van der Waals surface area contributed by atoms with Gasteiger partial charge in [0.25, 0.3) is 5.56 Å². The van der Waals surface area contributed by atoms with Gasteiger partial charge in [-0.2, -0.15) is 0 Å².